The normalized spacial score (nSPS) is 32.3. The second kappa shape index (κ2) is 9.87. The molecule has 4 nitrogen and oxygen atoms in total. The third-order valence-electron chi connectivity index (χ3n) is 9.80. The minimum absolute atomic E-state index is 0.260. The van der Waals surface area contributed by atoms with Crippen molar-refractivity contribution in [3.8, 4) is 0 Å². The minimum Gasteiger partial charge on any atom is -0.297 e. The van der Waals surface area contributed by atoms with Crippen molar-refractivity contribution in [1.82, 2.24) is 9.80 Å². The smallest absolute Gasteiger partial charge is 0.158 e. The third kappa shape index (κ3) is 3.88. The molecule has 0 radical (unpaired) electrons. The zero-order chi connectivity index (χ0) is 24.6. The Kier molecular flexibility index (Phi) is 6.60. The molecule has 3 atom stereocenters. The van der Waals surface area contributed by atoms with E-state index in [1.54, 1.807) is 0 Å². The van der Waals surface area contributed by atoms with Crippen molar-refractivity contribution >= 4 is 11.6 Å². The molecule has 0 amide bonds. The summed E-state index contributed by atoms with van der Waals surface area (Å²) in [6.07, 6.45) is 11.1. The maximum atomic E-state index is 14.0. The van der Waals surface area contributed by atoms with Crippen molar-refractivity contribution in [2.45, 2.75) is 87.6 Å². The molecule has 4 aliphatic rings. The highest BCUT2D eigenvalue weighted by atomic mass is 16.1. The van der Waals surface area contributed by atoms with Crippen LogP contribution in [0, 0.1) is 0 Å². The second-order valence-electron chi connectivity index (χ2n) is 11.6. The van der Waals surface area contributed by atoms with E-state index in [1.165, 1.54) is 42.4 Å². The molecule has 36 heavy (non-hydrogen) atoms. The van der Waals surface area contributed by atoms with E-state index in [4.69, 9.17) is 0 Å². The molecule has 4 heteroatoms. The number of carbonyl (C=O) groups is 2. The van der Waals surface area contributed by atoms with E-state index in [1.807, 2.05) is 6.07 Å². The third-order valence-corrected chi connectivity index (χ3v) is 9.80. The van der Waals surface area contributed by atoms with Gasteiger partial charge in [0, 0.05) is 12.8 Å². The van der Waals surface area contributed by atoms with Crippen LogP contribution in [0.4, 0.5) is 0 Å². The highest BCUT2D eigenvalue weighted by molar-refractivity contribution is 5.92. The number of carbonyl (C=O) groups excluding carboxylic acids is 2. The molecule has 1 unspecified atom stereocenters. The zero-order valence-corrected chi connectivity index (χ0v) is 21.6. The van der Waals surface area contributed by atoms with Crippen molar-refractivity contribution in [2.75, 3.05) is 26.2 Å². The molecule has 2 aromatic carbocycles. The Hall–Kier alpha value is -2.30. The Morgan fingerprint density at radius 3 is 1.78 bits per heavy atom. The quantitative estimate of drug-likeness (QED) is 0.526. The first kappa shape index (κ1) is 24.1. The van der Waals surface area contributed by atoms with Gasteiger partial charge < -0.3 is 0 Å². The summed E-state index contributed by atoms with van der Waals surface area (Å²) in [5, 5.41) is 0. The lowest BCUT2D eigenvalue weighted by Gasteiger charge is -2.46. The lowest BCUT2D eigenvalue weighted by atomic mass is 9.68. The predicted octanol–water partition coefficient (Wildman–Crippen LogP) is 5.95. The van der Waals surface area contributed by atoms with Crippen molar-refractivity contribution in [2.24, 2.45) is 0 Å². The number of Topliss-reactive ketones (excluding diaryl/α,β-unsaturated/α-hetero) is 2. The lowest BCUT2D eigenvalue weighted by molar-refractivity contribution is -0.135. The number of rotatable bonds is 5. The molecule has 0 spiro atoms. The van der Waals surface area contributed by atoms with Crippen molar-refractivity contribution in [1.29, 1.82) is 0 Å². The van der Waals surface area contributed by atoms with Crippen LogP contribution >= 0.6 is 0 Å². The standard InChI is InChI=1S/C32H40N2O2/c35-29-12-4-5-18-31(29,33-20-6-7-21-33)28-15-13-25(14-16-28)26-17-19-32(30(36)24-26,34-22-8-9-23-34)27-10-2-1-3-11-27/h1-3,10-11,13-16,26H,4-9,12,17-24H2/t26?,31-,32+/m1/s1. The number of likely N-dealkylation sites (tertiary alicyclic amines) is 2. The summed E-state index contributed by atoms with van der Waals surface area (Å²) in [5.41, 5.74) is 2.73. The van der Waals surface area contributed by atoms with Gasteiger partial charge in [0.25, 0.3) is 0 Å². The Bertz CT molecular complexity index is 1080. The molecule has 2 saturated carbocycles. The number of hydrogen-bond acceptors (Lipinski definition) is 4. The fourth-order valence-corrected chi connectivity index (χ4v) is 7.90. The first-order valence-electron chi connectivity index (χ1n) is 14.4. The largest absolute Gasteiger partial charge is 0.297 e. The Balaban J connectivity index is 1.26. The summed E-state index contributed by atoms with van der Waals surface area (Å²) >= 11 is 0. The Morgan fingerprint density at radius 2 is 1.19 bits per heavy atom. The van der Waals surface area contributed by atoms with Crippen LogP contribution in [0.1, 0.15) is 93.2 Å². The van der Waals surface area contributed by atoms with Gasteiger partial charge in [-0.2, -0.15) is 0 Å². The summed E-state index contributed by atoms with van der Waals surface area (Å²) < 4.78 is 0. The van der Waals surface area contributed by atoms with Gasteiger partial charge in [0.15, 0.2) is 11.6 Å². The first-order chi connectivity index (χ1) is 17.6. The molecule has 2 aliphatic carbocycles. The average molecular weight is 485 g/mol. The highest BCUT2D eigenvalue weighted by Crippen LogP contribution is 2.47. The molecule has 190 valence electrons. The molecule has 0 bridgehead atoms. The maximum absolute atomic E-state index is 14.0. The average Bonchev–Trinajstić information content (AvgIpc) is 3.66. The summed E-state index contributed by atoms with van der Waals surface area (Å²) in [5.74, 6) is 1.05. The number of nitrogens with zero attached hydrogens (tertiary/aromatic N) is 2. The Morgan fingerprint density at radius 1 is 0.611 bits per heavy atom. The van der Waals surface area contributed by atoms with E-state index < -0.39 is 11.1 Å². The Labute approximate surface area is 216 Å². The van der Waals surface area contributed by atoms with E-state index in [0.717, 1.165) is 58.3 Å². The van der Waals surface area contributed by atoms with Gasteiger partial charge in [-0.15, -0.1) is 0 Å². The summed E-state index contributed by atoms with van der Waals surface area (Å²) in [7, 11) is 0. The summed E-state index contributed by atoms with van der Waals surface area (Å²) in [6.45, 7) is 4.10. The van der Waals surface area contributed by atoms with E-state index in [2.05, 4.69) is 58.3 Å². The van der Waals surface area contributed by atoms with Crippen LogP contribution < -0.4 is 0 Å². The number of benzene rings is 2. The number of hydrogen-bond donors (Lipinski definition) is 0. The van der Waals surface area contributed by atoms with Gasteiger partial charge in [-0.3, -0.25) is 19.4 Å². The molecular weight excluding hydrogens is 444 g/mol. The molecule has 6 rings (SSSR count). The maximum Gasteiger partial charge on any atom is 0.158 e. The van der Waals surface area contributed by atoms with E-state index >= 15 is 0 Å². The number of ketones is 2. The molecule has 0 aromatic heterocycles. The molecule has 2 aliphatic heterocycles. The van der Waals surface area contributed by atoms with Gasteiger partial charge in [-0.05, 0) is 100 Å². The monoisotopic (exact) mass is 484 g/mol. The van der Waals surface area contributed by atoms with Crippen molar-refractivity contribution in [3.63, 3.8) is 0 Å². The highest BCUT2D eigenvalue weighted by Gasteiger charge is 2.50. The van der Waals surface area contributed by atoms with Crippen molar-refractivity contribution in [3.05, 3.63) is 71.3 Å². The lowest BCUT2D eigenvalue weighted by Crippen LogP contribution is -2.53. The van der Waals surface area contributed by atoms with Crippen LogP contribution in [0.5, 0.6) is 0 Å². The van der Waals surface area contributed by atoms with Gasteiger partial charge in [0.1, 0.15) is 11.1 Å². The topological polar surface area (TPSA) is 40.6 Å². The molecule has 4 fully saturated rings. The van der Waals surface area contributed by atoms with Crippen LogP contribution in [-0.4, -0.2) is 47.5 Å². The van der Waals surface area contributed by atoms with Crippen molar-refractivity contribution < 1.29 is 9.59 Å². The molecular formula is C32H40N2O2. The summed E-state index contributed by atoms with van der Waals surface area (Å²) in [6, 6.07) is 19.4. The molecule has 0 N–H and O–H groups in total. The second-order valence-corrected chi connectivity index (χ2v) is 11.6. The van der Waals surface area contributed by atoms with Gasteiger partial charge in [0.2, 0.25) is 0 Å². The predicted molar refractivity (Wildman–Crippen MR) is 143 cm³/mol. The van der Waals surface area contributed by atoms with Crippen LogP contribution in [0.15, 0.2) is 54.6 Å². The summed E-state index contributed by atoms with van der Waals surface area (Å²) in [4.78, 5) is 32.3. The zero-order valence-electron chi connectivity index (χ0n) is 21.6. The van der Waals surface area contributed by atoms with Gasteiger partial charge >= 0.3 is 0 Å². The van der Waals surface area contributed by atoms with Crippen LogP contribution in [0.25, 0.3) is 0 Å². The fourth-order valence-electron chi connectivity index (χ4n) is 7.90. The minimum atomic E-state index is -0.456. The molecule has 2 saturated heterocycles. The van der Waals surface area contributed by atoms with E-state index in [0.29, 0.717) is 24.4 Å². The fraction of sp³-hybridized carbons (Fsp3) is 0.562. The SMILES string of the molecule is O=C1CCCC[C@]1(c1ccc(C2CC[C@@](c3ccccc3)(N3CCCC3)C(=O)C2)cc1)N1CCCC1. The van der Waals surface area contributed by atoms with Gasteiger partial charge in [-0.25, -0.2) is 0 Å². The molecule has 2 heterocycles. The van der Waals surface area contributed by atoms with Gasteiger partial charge in [-0.1, -0.05) is 61.0 Å². The van der Waals surface area contributed by atoms with Gasteiger partial charge in [0.05, 0.1) is 0 Å². The molecule has 2 aromatic rings. The van der Waals surface area contributed by atoms with Crippen LogP contribution in [-0.2, 0) is 20.7 Å². The van der Waals surface area contributed by atoms with E-state index in [-0.39, 0.29) is 5.92 Å². The van der Waals surface area contributed by atoms with Crippen LogP contribution in [0.2, 0.25) is 0 Å². The van der Waals surface area contributed by atoms with E-state index in [9.17, 15) is 9.59 Å². The first-order valence-corrected chi connectivity index (χ1v) is 14.4. The van der Waals surface area contributed by atoms with Crippen LogP contribution in [0.3, 0.4) is 0 Å².